The zero-order valence-electron chi connectivity index (χ0n) is 13.9. The number of nitrogens with one attached hydrogen (secondary N) is 1. The molecule has 1 aliphatic rings. The predicted molar refractivity (Wildman–Crippen MR) is 94.9 cm³/mol. The van der Waals surface area contributed by atoms with Crippen LogP contribution in [0.1, 0.15) is 37.7 Å². The molecule has 0 bridgehead atoms. The molecule has 0 amide bonds. The Balaban J connectivity index is 1.72. The molecule has 1 aromatic carbocycles. The van der Waals surface area contributed by atoms with Crippen LogP contribution < -0.4 is 5.69 Å². The van der Waals surface area contributed by atoms with Gasteiger partial charge in [-0.05, 0) is 30.9 Å². The molecule has 0 radical (unpaired) electrons. The summed E-state index contributed by atoms with van der Waals surface area (Å²) in [5.41, 5.74) is 3.18. The second-order valence-electron chi connectivity index (χ2n) is 6.66. The van der Waals surface area contributed by atoms with Crippen LogP contribution in [0.2, 0.25) is 0 Å². The van der Waals surface area contributed by atoms with E-state index in [9.17, 15) is 4.79 Å². The summed E-state index contributed by atoms with van der Waals surface area (Å²) >= 11 is 0. The summed E-state index contributed by atoms with van der Waals surface area (Å²) in [6.45, 7) is 0.699. The first-order valence-corrected chi connectivity index (χ1v) is 8.70. The number of rotatable bonds is 3. The standard InChI is InChI=1S/C19H19N5O/c20-10-13-6-8-15(9-7-13)16-11-21-17-18(22-16)24(19(25)23-17)12-14-4-2-1-3-5-14/h6-9,11,14H,1-5,12H2,(H,21,23,25). The molecule has 4 rings (SSSR count). The summed E-state index contributed by atoms with van der Waals surface area (Å²) < 4.78 is 1.73. The van der Waals surface area contributed by atoms with Crippen molar-refractivity contribution in [1.29, 1.82) is 5.26 Å². The summed E-state index contributed by atoms with van der Waals surface area (Å²) in [6, 6.07) is 9.33. The molecule has 3 aromatic rings. The van der Waals surface area contributed by atoms with Gasteiger partial charge in [0.25, 0.3) is 0 Å². The number of fused-ring (bicyclic) bond motifs is 1. The van der Waals surface area contributed by atoms with Crippen LogP contribution in [0.15, 0.2) is 35.3 Å². The molecule has 0 unspecified atom stereocenters. The van der Waals surface area contributed by atoms with Crippen molar-refractivity contribution in [1.82, 2.24) is 19.5 Å². The van der Waals surface area contributed by atoms with Crippen molar-refractivity contribution in [3.8, 4) is 17.3 Å². The third kappa shape index (κ3) is 3.05. The van der Waals surface area contributed by atoms with Crippen LogP contribution in [0.3, 0.4) is 0 Å². The van der Waals surface area contributed by atoms with E-state index in [0.717, 1.165) is 5.56 Å². The zero-order valence-corrected chi connectivity index (χ0v) is 13.9. The van der Waals surface area contributed by atoms with Crippen molar-refractivity contribution < 1.29 is 0 Å². The third-order valence-corrected chi connectivity index (χ3v) is 4.96. The molecule has 1 saturated carbocycles. The number of H-pyrrole nitrogens is 1. The Morgan fingerprint density at radius 1 is 1.20 bits per heavy atom. The number of nitrogens with zero attached hydrogens (tertiary/aromatic N) is 4. The van der Waals surface area contributed by atoms with Gasteiger partial charge in [0.15, 0.2) is 11.3 Å². The molecule has 1 fully saturated rings. The maximum atomic E-state index is 12.3. The van der Waals surface area contributed by atoms with E-state index in [2.05, 4.69) is 21.0 Å². The predicted octanol–water partition coefficient (Wildman–Crippen LogP) is 3.24. The summed E-state index contributed by atoms with van der Waals surface area (Å²) in [5, 5.41) is 8.92. The van der Waals surface area contributed by atoms with Crippen LogP contribution in [-0.4, -0.2) is 19.5 Å². The van der Waals surface area contributed by atoms with Crippen LogP contribution >= 0.6 is 0 Å². The van der Waals surface area contributed by atoms with Gasteiger partial charge in [0.2, 0.25) is 0 Å². The number of nitriles is 1. The van der Waals surface area contributed by atoms with Crippen molar-refractivity contribution in [2.24, 2.45) is 5.92 Å². The van der Waals surface area contributed by atoms with E-state index >= 15 is 0 Å². The highest BCUT2D eigenvalue weighted by Crippen LogP contribution is 2.26. The highest BCUT2D eigenvalue weighted by Gasteiger charge is 2.18. The summed E-state index contributed by atoms with van der Waals surface area (Å²) in [6.07, 6.45) is 7.77. The van der Waals surface area contributed by atoms with Crippen molar-refractivity contribution in [2.75, 3.05) is 0 Å². The Morgan fingerprint density at radius 2 is 1.96 bits per heavy atom. The van der Waals surface area contributed by atoms with E-state index in [1.54, 1.807) is 22.9 Å². The van der Waals surface area contributed by atoms with Gasteiger partial charge in [-0.2, -0.15) is 5.26 Å². The Hall–Kier alpha value is -2.94. The minimum absolute atomic E-state index is 0.141. The van der Waals surface area contributed by atoms with Crippen molar-refractivity contribution in [3.63, 3.8) is 0 Å². The Labute approximate surface area is 145 Å². The Morgan fingerprint density at radius 3 is 2.68 bits per heavy atom. The number of imidazole rings is 1. The van der Waals surface area contributed by atoms with E-state index in [1.807, 2.05) is 12.1 Å². The Kier molecular flexibility index (Phi) is 4.06. The summed E-state index contributed by atoms with van der Waals surface area (Å²) in [4.78, 5) is 24.2. The highest BCUT2D eigenvalue weighted by atomic mass is 16.1. The number of hydrogen-bond acceptors (Lipinski definition) is 4. The van der Waals surface area contributed by atoms with Crippen LogP contribution in [0.4, 0.5) is 0 Å². The van der Waals surface area contributed by atoms with Gasteiger partial charge in [-0.1, -0.05) is 31.4 Å². The minimum atomic E-state index is -0.141. The fourth-order valence-corrected chi connectivity index (χ4v) is 3.57. The molecule has 1 N–H and O–H groups in total. The first kappa shape index (κ1) is 15.6. The molecular weight excluding hydrogens is 314 g/mol. The van der Waals surface area contributed by atoms with Gasteiger partial charge < -0.3 is 0 Å². The normalized spacial score (nSPS) is 15.3. The molecular formula is C19H19N5O. The molecule has 0 spiro atoms. The van der Waals surface area contributed by atoms with Crippen molar-refractivity contribution >= 4 is 11.3 Å². The second-order valence-corrected chi connectivity index (χ2v) is 6.66. The third-order valence-electron chi connectivity index (χ3n) is 4.96. The van der Waals surface area contributed by atoms with Gasteiger partial charge >= 0.3 is 5.69 Å². The van der Waals surface area contributed by atoms with E-state index in [0.29, 0.717) is 35.0 Å². The molecule has 6 heteroatoms. The fourth-order valence-electron chi connectivity index (χ4n) is 3.57. The van der Waals surface area contributed by atoms with Gasteiger partial charge in [-0.25, -0.2) is 14.8 Å². The van der Waals surface area contributed by atoms with Crippen molar-refractivity contribution in [2.45, 2.75) is 38.6 Å². The Bertz CT molecular complexity index is 987. The summed E-state index contributed by atoms with van der Waals surface area (Å²) in [5.74, 6) is 0.533. The fraction of sp³-hybridized carbons (Fsp3) is 0.368. The van der Waals surface area contributed by atoms with Gasteiger partial charge in [0, 0.05) is 12.1 Å². The van der Waals surface area contributed by atoms with Gasteiger partial charge in [0.05, 0.1) is 23.5 Å². The molecule has 0 aliphatic heterocycles. The molecule has 25 heavy (non-hydrogen) atoms. The van der Waals surface area contributed by atoms with Crippen LogP contribution in [-0.2, 0) is 6.54 Å². The number of aromatic amines is 1. The lowest BCUT2D eigenvalue weighted by atomic mass is 9.89. The quantitative estimate of drug-likeness (QED) is 0.797. The number of aromatic nitrogens is 4. The molecule has 0 atom stereocenters. The van der Waals surface area contributed by atoms with Gasteiger partial charge in [-0.3, -0.25) is 9.55 Å². The lowest BCUT2D eigenvalue weighted by Gasteiger charge is -2.21. The lowest BCUT2D eigenvalue weighted by Crippen LogP contribution is -2.23. The molecule has 0 saturated heterocycles. The average molecular weight is 333 g/mol. The van der Waals surface area contributed by atoms with Crippen molar-refractivity contribution in [3.05, 3.63) is 46.5 Å². The highest BCUT2D eigenvalue weighted by molar-refractivity contribution is 5.71. The number of benzene rings is 1. The zero-order chi connectivity index (χ0) is 17.2. The smallest absolute Gasteiger partial charge is 0.289 e. The second kappa shape index (κ2) is 6.52. The maximum absolute atomic E-state index is 12.3. The van der Waals surface area contributed by atoms with E-state index < -0.39 is 0 Å². The first-order chi connectivity index (χ1) is 12.2. The molecule has 2 heterocycles. The van der Waals surface area contributed by atoms with E-state index in [4.69, 9.17) is 5.26 Å². The molecule has 126 valence electrons. The van der Waals surface area contributed by atoms with Crippen LogP contribution in [0.5, 0.6) is 0 Å². The molecule has 2 aromatic heterocycles. The topological polar surface area (TPSA) is 87.4 Å². The maximum Gasteiger partial charge on any atom is 0.328 e. The molecule has 1 aliphatic carbocycles. The SMILES string of the molecule is N#Cc1ccc(-c2cnc3[nH]c(=O)n(CC4CCCCC4)c3n2)cc1. The monoisotopic (exact) mass is 333 g/mol. The van der Waals surface area contributed by atoms with Crippen LogP contribution in [0.25, 0.3) is 22.6 Å². The van der Waals surface area contributed by atoms with Gasteiger partial charge in [-0.15, -0.1) is 0 Å². The summed E-state index contributed by atoms with van der Waals surface area (Å²) in [7, 11) is 0. The molecule has 6 nitrogen and oxygen atoms in total. The van der Waals surface area contributed by atoms with E-state index in [1.165, 1.54) is 32.1 Å². The van der Waals surface area contributed by atoms with E-state index in [-0.39, 0.29) is 5.69 Å². The largest absolute Gasteiger partial charge is 0.328 e. The first-order valence-electron chi connectivity index (χ1n) is 8.70. The average Bonchev–Trinajstić information content (AvgIpc) is 2.97. The lowest BCUT2D eigenvalue weighted by molar-refractivity contribution is 0.319. The van der Waals surface area contributed by atoms with Gasteiger partial charge in [0.1, 0.15) is 0 Å². The minimum Gasteiger partial charge on any atom is -0.289 e. The number of hydrogen-bond donors (Lipinski definition) is 1. The van der Waals surface area contributed by atoms with Crippen LogP contribution in [0, 0.1) is 17.2 Å².